The number of nitro groups is 2. The van der Waals surface area contributed by atoms with Crippen molar-refractivity contribution in [3.05, 3.63) is 109 Å². The highest BCUT2D eigenvalue weighted by Gasteiger charge is 2.20. The highest BCUT2D eigenvalue weighted by Crippen LogP contribution is 2.32. The van der Waals surface area contributed by atoms with Gasteiger partial charge in [-0.25, -0.2) is 4.79 Å². The Bertz CT molecular complexity index is 1370. The Morgan fingerprint density at radius 3 is 2.30 bits per heavy atom. The van der Waals surface area contributed by atoms with Crippen LogP contribution < -0.4 is 14.8 Å². The smallest absolute Gasteiger partial charge is 0.352 e. The summed E-state index contributed by atoms with van der Waals surface area (Å²) in [7, 11) is 0. The van der Waals surface area contributed by atoms with Gasteiger partial charge < -0.3 is 19.9 Å². The summed E-state index contributed by atoms with van der Waals surface area (Å²) in [5, 5.41) is 34.2. The quantitative estimate of drug-likeness (QED) is 0.218. The van der Waals surface area contributed by atoms with Gasteiger partial charge in [-0.05, 0) is 48.9 Å². The molecule has 1 amide bonds. The number of benzene rings is 3. The SMILES string of the molecule is CCOc1cc(C=C(NC(=O)c2ccccc2)C(=O)O)ccc1OCc1ccc([N+](=O)[O-])cc1[N+](=O)[O-]. The number of nitrogens with one attached hydrogen (secondary N) is 1. The zero-order chi connectivity index (χ0) is 26.9. The largest absolute Gasteiger partial charge is 0.490 e. The molecule has 0 unspecified atom stereocenters. The predicted octanol–water partition coefficient (Wildman–Crippen LogP) is 4.34. The Kier molecular flexibility index (Phi) is 8.49. The fourth-order valence-electron chi connectivity index (χ4n) is 3.22. The van der Waals surface area contributed by atoms with Gasteiger partial charge in [0.05, 0.1) is 28.1 Å². The third-order valence-corrected chi connectivity index (χ3v) is 4.95. The number of carbonyl (C=O) groups is 2. The molecule has 0 bridgehead atoms. The number of nitro benzene ring substituents is 2. The van der Waals surface area contributed by atoms with Crippen LogP contribution in [-0.2, 0) is 11.4 Å². The van der Waals surface area contributed by atoms with E-state index >= 15 is 0 Å². The van der Waals surface area contributed by atoms with Crippen molar-refractivity contribution in [3.8, 4) is 11.5 Å². The van der Waals surface area contributed by atoms with Gasteiger partial charge in [-0.2, -0.15) is 0 Å². The molecule has 0 aromatic heterocycles. The van der Waals surface area contributed by atoms with E-state index in [0.717, 1.165) is 12.1 Å². The molecule has 0 aliphatic rings. The highest BCUT2D eigenvalue weighted by atomic mass is 16.6. The second kappa shape index (κ2) is 11.9. The summed E-state index contributed by atoms with van der Waals surface area (Å²) in [5.74, 6) is -1.52. The minimum atomic E-state index is -1.35. The topological polar surface area (TPSA) is 171 Å². The molecule has 12 nitrogen and oxygen atoms in total. The summed E-state index contributed by atoms with van der Waals surface area (Å²) in [5.41, 5.74) is -0.482. The number of carboxylic acid groups (broad SMARTS) is 1. The Morgan fingerprint density at radius 1 is 0.946 bits per heavy atom. The first-order chi connectivity index (χ1) is 17.7. The van der Waals surface area contributed by atoms with Crippen LogP contribution in [-0.4, -0.2) is 33.4 Å². The number of aliphatic carboxylic acids is 1. The molecule has 2 N–H and O–H groups in total. The van der Waals surface area contributed by atoms with Crippen molar-refractivity contribution in [2.75, 3.05) is 6.61 Å². The molecule has 3 aromatic carbocycles. The molecular formula is C25H21N3O9. The van der Waals surface area contributed by atoms with Crippen LogP contribution in [0.4, 0.5) is 11.4 Å². The Labute approximate surface area is 210 Å². The minimum absolute atomic E-state index is 0.110. The Morgan fingerprint density at radius 2 is 1.68 bits per heavy atom. The van der Waals surface area contributed by atoms with Crippen molar-refractivity contribution < 1.29 is 34.0 Å². The standard InChI is InChI=1S/C25H21N3O9/c1-2-36-23-13-16(12-20(25(30)31)26-24(29)17-6-4-3-5-7-17)8-11-22(23)37-15-18-9-10-19(27(32)33)14-21(18)28(34)35/h3-14H,2,15H2,1H3,(H,26,29)(H,30,31). The number of carbonyl (C=O) groups excluding carboxylic acids is 1. The maximum absolute atomic E-state index is 12.4. The summed E-state index contributed by atoms with van der Waals surface area (Å²) in [6.07, 6.45) is 1.25. The summed E-state index contributed by atoms with van der Waals surface area (Å²) >= 11 is 0. The van der Waals surface area contributed by atoms with Gasteiger partial charge in [-0.15, -0.1) is 0 Å². The van der Waals surface area contributed by atoms with Crippen LogP contribution in [0, 0.1) is 20.2 Å². The lowest BCUT2D eigenvalue weighted by molar-refractivity contribution is -0.394. The van der Waals surface area contributed by atoms with Gasteiger partial charge in [-0.3, -0.25) is 25.0 Å². The zero-order valence-corrected chi connectivity index (χ0v) is 19.5. The van der Waals surface area contributed by atoms with Crippen LogP contribution in [0.15, 0.2) is 72.4 Å². The van der Waals surface area contributed by atoms with E-state index in [1.165, 1.54) is 30.3 Å². The van der Waals surface area contributed by atoms with Crippen molar-refractivity contribution in [2.45, 2.75) is 13.5 Å². The lowest BCUT2D eigenvalue weighted by atomic mass is 10.1. The van der Waals surface area contributed by atoms with Crippen LogP contribution in [0.25, 0.3) is 6.08 Å². The first kappa shape index (κ1) is 26.3. The zero-order valence-electron chi connectivity index (χ0n) is 19.5. The highest BCUT2D eigenvalue weighted by molar-refractivity contribution is 6.02. The van der Waals surface area contributed by atoms with Crippen LogP contribution >= 0.6 is 0 Å². The van der Waals surface area contributed by atoms with Crippen LogP contribution in [0.5, 0.6) is 11.5 Å². The van der Waals surface area contributed by atoms with Crippen LogP contribution in [0.2, 0.25) is 0 Å². The number of hydrogen-bond acceptors (Lipinski definition) is 8. The number of nitrogens with zero attached hydrogens (tertiary/aromatic N) is 2. The lowest BCUT2D eigenvalue weighted by Crippen LogP contribution is -2.27. The van der Waals surface area contributed by atoms with E-state index in [9.17, 15) is 34.9 Å². The van der Waals surface area contributed by atoms with E-state index < -0.39 is 33.1 Å². The molecule has 0 atom stereocenters. The molecule has 3 rings (SSSR count). The molecular weight excluding hydrogens is 486 g/mol. The van der Waals surface area contributed by atoms with E-state index in [4.69, 9.17) is 9.47 Å². The first-order valence-corrected chi connectivity index (χ1v) is 10.8. The predicted molar refractivity (Wildman–Crippen MR) is 131 cm³/mol. The molecule has 37 heavy (non-hydrogen) atoms. The number of hydrogen-bond donors (Lipinski definition) is 2. The number of rotatable bonds is 11. The molecule has 0 radical (unpaired) electrons. The van der Waals surface area contributed by atoms with E-state index in [0.29, 0.717) is 5.56 Å². The van der Waals surface area contributed by atoms with Gasteiger partial charge in [0.15, 0.2) is 11.5 Å². The van der Waals surface area contributed by atoms with E-state index in [1.807, 2.05) is 0 Å². The summed E-state index contributed by atoms with van der Waals surface area (Å²) in [6.45, 7) is 1.67. The van der Waals surface area contributed by atoms with Gasteiger partial charge in [0.1, 0.15) is 12.3 Å². The number of ether oxygens (including phenoxy) is 2. The van der Waals surface area contributed by atoms with Crippen molar-refractivity contribution in [2.24, 2.45) is 0 Å². The van der Waals surface area contributed by atoms with Gasteiger partial charge in [-0.1, -0.05) is 24.3 Å². The summed E-state index contributed by atoms with van der Waals surface area (Å²) in [6, 6.07) is 15.8. The second-order valence-electron chi connectivity index (χ2n) is 7.44. The number of non-ortho nitro benzene ring substituents is 1. The van der Waals surface area contributed by atoms with Gasteiger partial charge >= 0.3 is 5.97 Å². The molecule has 0 saturated heterocycles. The Balaban J connectivity index is 1.85. The lowest BCUT2D eigenvalue weighted by Gasteiger charge is -2.13. The van der Waals surface area contributed by atoms with Crippen LogP contribution in [0.1, 0.15) is 28.4 Å². The molecule has 190 valence electrons. The van der Waals surface area contributed by atoms with Crippen molar-refractivity contribution in [1.29, 1.82) is 0 Å². The van der Waals surface area contributed by atoms with E-state index in [1.54, 1.807) is 37.3 Å². The van der Waals surface area contributed by atoms with E-state index in [-0.39, 0.29) is 41.5 Å². The Hall–Kier alpha value is -5.26. The maximum Gasteiger partial charge on any atom is 0.352 e. The van der Waals surface area contributed by atoms with Gasteiger partial charge in [0.25, 0.3) is 17.3 Å². The van der Waals surface area contributed by atoms with Crippen molar-refractivity contribution in [1.82, 2.24) is 5.32 Å². The normalized spacial score (nSPS) is 10.9. The molecule has 3 aromatic rings. The number of carboxylic acids is 1. The third-order valence-electron chi connectivity index (χ3n) is 4.95. The fourth-order valence-corrected chi connectivity index (χ4v) is 3.22. The second-order valence-corrected chi connectivity index (χ2v) is 7.44. The molecule has 0 aliphatic carbocycles. The molecule has 0 aliphatic heterocycles. The van der Waals surface area contributed by atoms with Crippen molar-refractivity contribution in [3.63, 3.8) is 0 Å². The minimum Gasteiger partial charge on any atom is -0.490 e. The third kappa shape index (κ3) is 6.88. The molecule has 0 saturated carbocycles. The monoisotopic (exact) mass is 507 g/mol. The molecule has 0 fully saturated rings. The van der Waals surface area contributed by atoms with Gasteiger partial charge in [0.2, 0.25) is 0 Å². The fraction of sp³-hybridized carbons (Fsp3) is 0.120. The van der Waals surface area contributed by atoms with Gasteiger partial charge in [0, 0.05) is 11.6 Å². The maximum atomic E-state index is 12.4. The van der Waals surface area contributed by atoms with E-state index in [2.05, 4.69) is 5.32 Å². The molecule has 0 spiro atoms. The number of amides is 1. The molecule has 0 heterocycles. The first-order valence-electron chi connectivity index (χ1n) is 10.8. The summed E-state index contributed by atoms with van der Waals surface area (Å²) < 4.78 is 11.3. The van der Waals surface area contributed by atoms with Crippen LogP contribution in [0.3, 0.4) is 0 Å². The average molecular weight is 507 g/mol. The van der Waals surface area contributed by atoms with Crippen molar-refractivity contribution >= 4 is 29.3 Å². The summed E-state index contributed by atoms with van der Waals surface area (Å²) in [4.78, 5) is 44.9. The molecule has 12 heteroatoms. The average Bonchev–Trinajstić information content (AvgIpc) is 2.88.